The average molecular weight is 324 g/mol. The van der Waals surface area contributed by atoms with E-state index in [1.165, 1.54) is 0 Å². The van der Waals surface area contributed by atoms with E-state index >= 15 is 0 Å². The number of hydrogen-bond donors (Lipinski definition) is 1. The van der Waals surface area contributed by atoms with Crippen molar-refractivity contribution in [1.82, 2.24) is 9.55 Å². The number of halogens is 1. The van der Waals surface area contributed by atoms with E-state index in [2.05, 4.69) is 25.5 Å². The van der Waals surface area contributed by atoms with Crippen LogP contribution in [0.4, 0.5) is 0 Å². The molecule has 0 aliphatic heterocycles. The standard InChI is InChI=1S/C14H18BrN3O/c1-10(16)7-14-17-5-6-18(14)9-11-8-12(19-2)3-4-13(11)15/h3-6,8,10H,7,9,16H2,1-2H3. The molecular formula is C14H18BrN3O. The molecule has 0 amide bonds. The van der Waals surface area contributed by atoms with Crippen molar-refractivity contribution in [3.05, 3.63) is 46.5 Å². The van der Waals surface area contributed by atoms with Gasteiger partial charge in [0.1, 0.15) is 11.6 Å². The number of aromatic nitrogens is 2. The zero-order chi connectivity index (χ0) is 13.8. The lowest BCUT2D eigenvalue weighted by atomic mass is 10.2. The molecule has 4 nitrogen and oxygen atoms in total. The first-order chi connectivity index (χ1) is 9.10. The van der Waals surface area contributed by atoms with Crippen LogP contribution in [0.3, 0.4) is 0 Å². The maximum absolute atomic E-state index is 5.84. The van der Waals surface area contributed by atoms with Gasteiger partial charge in [-0.05, 0) is 30.7 Å². The van der Waals surface area contributed by atoms with E-state index in [9.17, 15) is 0 Å². The van der Waals surface area contributed by atoms with Gasteiger partial charge in [-0.3, -0.25) is 0 Å². The molecule has 1 aromatic heterocycles. The summed E-state index contributed by atoms with van der Waals surface area (Å²) in [4.78, 5) is 4.36. The molecule has 1 heterocycles. The molecule has 0 bridgehead atoms. The summed E-state index contributed by atoms with van der Waals surface area (Å²) < 4.78 is 8.44. The fourth-order valence-corrected chi connectivity index (χ4v) is 2.32. The molecular weight excluding hydrogens is 306 g/mol. The van der Waals surface area contributed by atoms with Crippen molar-refractivity contribution in [1.29, 1.82) is 0 Å². The fraction of sp³-hybridized carbons (Fsp3) is 0.357. The van der Waals surface area contributed by atoms with Crippen molar-refractivity contribution >= 4 is 15.9 Å². The van der Waals surface area contributed by atoms with Gasteiger partial charge in [-0.1, -0.05) is 15.9 Å². The van der Waals surface area contributed by atoms with Crippen LogP contribution >= 0.6 is 15.9 Å². The Morgan fingerprint density at radius 2 is 2.26 bits per heavy atom. The van der Waals surface area contributed by atoms with E-state index in [0.29, 0.717) is 0 Å². The van der Waals surface area contributed by atoms with Gasteiger partial charge in [0.2, 0.25) is 0 Å². The number of imidazole rings is 1. The lowest BCUT2D eigenvalue weighted by Gasteiger charge is -2.12. The average Bonchev–Trinajstić information content (AvgIpc) is 2.78. The Hall–Kier alpha value is -1.33. The SMILES string of the molecule is COc1ccc(Br)c(Cn2ccnc2CC(C)N)c1. The third kappa shape index (κ3) is 3.58. The predicted octanol–water partition coefficient (Wildman–Crippen LogP) is 2.59. The van der Waals surface area contributed by atoms with Gasteiger partial charge in [0.25, 0.3) is 0 Å². The highest BCUT2D eigenvalue weighted by atomic mass is 79.9. The summed E-state index contributed by atoms with van der Waals surface area (Å²) >= 11 is 3.57. The number of rotatable bonds is 5. The van der Waals surface area contributed by atoms with Crippen LogP contribution in [-0.2, 0) is 13.0 Å². The number of hydrogen-bond acceptors (Lipinski definition) is 3. The third-order valence-electron chi connectivity index (χ3n) is 2.90. The van der Waals surface area contributed by atoms with Gasteiger partial charge in [0.05, 0.1) is 7.11 Å². The van der Waals surface area contributed by atoms with Crippen LogP contribution in [0.2, 0.25) is 0 Å². The molecule has 5 heteroatoms. The van der Waals surface area contributed by atoms with Gasteiger partial charge < -0.3 is 15.0 Å². The summed E-state index contributed by atoms with van der Waals surface area (Å²) in [6.07, 6.45) is 4.56. The summed E-state index contributed by atoms with van der Waals surface area (Å²) in [6, 6.07) is 6.07. The summed E-state index contributed by atoms with van der Waals surface area (Å²) in [5.74, 6) is 1.86. The molecule has 102 valence electrons. The Labute approximate surface area is 121 Å². The van der Waals surface area contributed by atoms with E-state index in [1.807, 2.05) is 37.5 Å². The van der Waals surface area contributed by atoms with E-state index in [0.717, 1.165) is 34.6 Å². The molecule has 0 saturated heterocycles. The minimum atomic E-state index is 0.106. The quantitative estimate of drug-likeness (QED) is 0.920. The Morgan fingerprint density at radius 1 is 1.47 bits per heavy atom. The third-order valence-corrected chi connectivity index (χ3v) is 3.67. The van der Waals surface area contributed by atoms with E-state index in [-0.39, 0.29) is 6.04 Å². The molecule has 0 spiro atoms. The van der Waals surface area contributed by atoms with Crippen LogP contribution in [-0.4, -0.2) is 22.7 Å². The molecule has 2 aromatic rings. The van der Waals surface area contributed by atoms with Crippen molar-refractivity contribution in [3.8, 4) is 5.75 Å². The second kappa shape index (κ2) is 6.21. The van der Waals surface area contributed by atoms with Gasteiger partial charge >= 0.3 is 0 Å². The maximum atomic E-state index is 5.84. The fourth-order valence-electron chi connectivity index (χ4n) is 1.94. The Bertz CT molecular complexity index is 551. The molecule has 0 radical (unpaired) electrons. The van der Waals surface area contributed by atoms with Gasteiger partial charge in [0, 0.05) is 35.9 Å². The first-order valence-corrected chi connectivity index (χ1v) is 6.97. The zero-order valence-corrected chi connectivity index (χ0v) is 12.7. The van der Waals surface area contributed by atoms with Gasteiger partial charge in [0.15, 0.2) is 0 Å². The van der Waals surface area contributed by atoms with Crippen molar-refractivity contribution in [3.63, 3.8) is 0 Å². The Morgan fingerprint density at radius 3 is 2.95 bits per heavy atom. The van der Waals surface area contributed by atoms with Crippen LogP contribution in [0.1, 0.15) is 18.3 Å². The molecule has 0 aliphatic rings. The largest absolute Gasteiger partial charge is 0.497 e. The van der Waals surface area contributed by atoms with Crippen molar-refractivity contribution < 1.29 is 4.74 Å². The van der Waals surface area contributed by atoms with Gasteiger partial charge in [-0.15, -0.1) is 0 Å². The number of nitrogens with two attached hydrogens (primary N) is 1. The first kappa shape index (κ1) is 14.1. The summed E-state index contributed by atoms with van der Waals surface area (Å²) in [7, 11) is 1.67. The Kier molecular flexibility index (Phi) is 4.61. The summed E-state index contributed by atoms with van der Waals surface area (Å²) in [6.45, 7) is 2.74. The minimum absolute atomic E-state index is 0.106. The van der Waals surface area contributed by atoms with Gasteiger partial charge in [-0.2, -0.15) is 0 Å². The zero-order valence-electron chi connectivity index (χ0n) is 11.1. The summed E-state index contributed by atoms with van der Waals surface area (Å²) in [5, 5.41) is 0. The number of methoxy groups -OCH3 is 1. The normalized spacial score (nSPS) is 12.4. The lowest BCUT2D eigenvalue weighted by Crippen LogP contribution is -2.20. The monoisotopic (exact) mass is 323 g/mol. The first-order valence-electron chi connectivity index (χ1n) is 6.18. The van der Waals surface area contributed by atoms with E-state index < -0.39 is 0 Å². The highest BCUT2D eigenvalue weighted by Gasteiger charge is 2.08. The minimum Gasteiger partial charge on any atom is -0.497 e. The smallest absolute Gasteiger partial charge is 0.119 e. The van der Waals surface area contributed by atoms with Crippen LogP contribution in [0, 0.1) is 0 Å². The van der Waals surface area contributed by atoms with Crippen molar-refractivity contribution in [2.24, 2.45) is 5.73 Å². The van der Waals surface area contributed by atoms with Crippen molar-refractivity contribution in [2.45, 2.75) is 25.9 Å². The molecule has 2 N–H and O–H groups in total. The van der Waals surface area contributed by atoms with Crippen LogP contribution in [0.5, 0.6) is 5.75 Å². The topological polar surface area (TPSA) is 53.1 Å². The van der Waals surface area contributed by atoms with E-state index in [4.69, 9.17) is 10.5 Å². The number of benzene rings is 1. The molecule has 19 heavy (non-hydrogen) atoms. The molecule has 1 aromatic carbocycles. The second-order valence-corrected chi connectivity index (χ2v) is 5.46. The molecule has 1 unspecified atom stereocenters. The van der Waals surface area contributed by atoms with Gasteiger partial charge in [-0.25, -0.2) is 4.98 Å². The molecule has 0 saturated carbocycles. The highest BCUT2D eigenvalue weighted by molar-refractivity contribution is 9.10. The molecule has 0 aliphatic carbocycles. The van der Waals surface area contributed by atoms with Crippen LogP contribution < -0.4 is 10.5 Å². The van der Waals surface area contributed by atoms with Crippen LogP contribution in [0.25, 0.3) is 0 Å². The maximum Gasteiger partial charge on any atom is 0.119 e. The lowest BCUT2D eigenvalue weighted by molar-refractivity contribution is 0.414. The van der Waals surface area contributed by atoms with E-state index in [1.54, 1.807) is 7.11 Å². The highest BCUT2D eigenvalue weighted by Crippen LogP contribution is 2.23. The number of ether oxygens (including phenoxy) is 1. The molecule has 0 fully saturated rings. The predicted molar refractivity (Wildman–Crippen MR) is 79.4 cm³/mol. The Balaban J connectivity index is 2.23. The summed E-state index contributed by atoms with van der Waals surface area (Å²) in [5.41, 5.74) is 6.99. The molecule has 2 rings (SSSR count). The van der Waals surface area contributed by atoms with Crippen molar-refractivity contribution in [2.75, 3.05) is 7.11 Å². The molecule has 1 atom stereocenters. The number of nitrogens with zero attached hydrogens (tertiary/aromatic N) is 2. The van der Waals surface area contributed by atoms with Crippen LogP contribution in [0.15, 0.2) is 35.1 Å². The second-order valence-electron chi connectivity index (χ2n) is 4.61.